The third-order valence-corrected chi connectivity index (χ3v) is 7.71. The summed E-state index contributed by atoms with van der Waals surface area (Å²) in [6.07, 6.45) is 0.244. The summed E-state index contributed by atoms with van der Waals surface area (Å²) >= 11 is 0. The van der Waals surface area contributed by atoms with E-state index >= 15 is 0 Å². The van der Waals surface area contributed by atoms with E-state index in [1.165, 1.54) is 22.2 Å². The molecule has 0 saturated heterocycles. The van der Waals surface area contributed by atoms with Gasteiger partial charge in [-0.3, -0.25) is 14.5 Å². The van der Waals surface area contributed by atoms with Crippen molar-refractivity contribution >= 4 is 27.5 Å². The molecule has 0 aliphatic carbocycles. The molecule has 3 rings (SSSR count). The lowest BCUT2D eigenvalue weighted by Gasteiger charge is -2.24. The molecule has 172 valence electrons. The van der Waals surface area contributed by atoms with Gasteiger partial charge in [0.1, 0.15) is 11.8 Å². The van der Waals surface area contributed by atoms with Crippen LogP contribution < -0.4 is 15.0 Å². The van der Waals surface area contributed by atoms with Gasteiger partial charge in [0.05, 0.1) is 12.0 Å². The number of nitrogens with zero attached hydrogens (tertiary/aromatic N) is 2. The summed E-state index contributed by atoms with van der Waals surface area (Å²) in [5.74, 6) is 0.0770. The second-order valence-corrected chi connectivity index (χ2v) is 9.46. The van der Waals surface area contributed by atoms with Gasteiger partial charge in [-0.2, -0.15) is 4.31 Å². The van der Waals surface area contributed by atoms with Crippen molar-refractivity contribution in [2.75, 3.05) is 25.1 Å². The van der Waals surface area contributed by atoms with Crippen LogP contribution >= 0.6 is 0 Å². The number of para-hydroxylation sites is 1. The normalized spacial score (nSPS) is 15.5. The smallest absolute Gasteiger partial charge is 0.243 e. The summed E-state index contributed by atoms with van der Waals surface area (Å²) < 4.78 is 32.5. The maximum atomic E-state index is 13.0. The molecule has 0 radical (unpaired) electrons. The molecule has 1 aliphatic heterocycles. The molecule has 8 nitrogen and oxygen atoms in total. The third-order valence-electron chi connectivity index (χ3n) is 5.67. The number of amides is 2. The number of hydrogen-bond donors (Lipinski definition) is 1. The highest BCUT2D eigenvalue weighted by molar-refractivity contribution is 7.89. The van der Waals surface area contributed by atoms with E-state index in [2.05, 4.69) is 5.32 Å². The average molecular weight is 460 g/mol. The van der Waals surface area contributed by atoms with E-state index in [1.807, 2.05) is 24.3 Å². The van der Waals surface area contributed by atoms with E-state index in [1.54, 1.807) is 33.1 Å². The lowest BCUT2D eigenvalue weighted by atomic mass is 10.1. The molecule has 0 fully saturated rings. The van der Waals surface area contributed by atoms with Gasteiger partial charge >= 0.3 is 0 Å². The van der Waals surface area contributed by atoms with E-state index in [4.69, 9.17) is 4.74 Å². The average Bonchev–Trinajstić information content (AvgIpc) is 3.17. The molecule has 2 amide bonds. The van der Waals surface area contributed by atoms with E-state index < -0.39 is 16.1 Å². The van der Waals surface area contributed by atoms with Gasteiger partial charge in [0, 0.05) is 44.2 Å². The lowest BCUT2D eigenvalue weighted by molar-refractivity contribution is -0.125. The first-order valence-corrected chi connectivity index (χ1v) is 12.0. The van der Waals surface area contributed by atoms with Gasteiger partial charge in [0.15, 0.2) is 0 Å². The largest absolute Gasteiger partial charge is 0.496 e. The molecule has 0 saturated carbocycles. The number of hydrogen-bond acceptors (Lipinski definition) is 5. The maximum absolute atomic E-state index is 13.0. The third kappa shape index (κ3) is 4.49. The first-order valence-electron chi connectivity index (χ1n) is 10.6. The molecule has 0 spiro atoms. The Morgan fingerprint density at radius 2 is 1.84 bits per heavy atom. The fourth-order valence-corrected chi connectivity index (χ4v) is 5.56. The molecule has 9 heteroatoms. The summed E-state index contributed by atoms with van der Waals surface area (Å²) in [4.78, 5) is 27.0. The molecular weight excluding hydrogens is 430 g/mol. The highest BCUT2D eigenvalue weighted by atomic mass is 32.2. The number of rotatable bonds is 8. The molecule has 2 aromatic carbocycles. The highest BCUT2D eigenvalue weighted by Crippen LogP contribution is 2.35. The molecule has 1 atom stereocenters. The van der Waals surface area contributed by atoms with Crippen molar-refractivity contribution in [1.82, 2.24) is 9.62 Å². The molecule has 0 unspecified atom stereocenters. The molecule has 1 aliphatic rings. The van der Waals surface area contributed by atoms with Crippen LogP contribution in [0, 0.1) is 0 Å². The second kappa shape index (κ2) is 9.70. The molecule has 0 bridgehead atoms. The van der Waals surface area contributed by atoms with E-state index in [-0.39, 0.29) is 29.7 Å². The Hall–Kier alpha value is -2.91. The number of carbonyl (C=O) groups excluding carboxylic acids is 2. The monoisotopic (exact) mass is 459 g/mol. The Bertz CT molecular complexity index is 1110. The topological polar surface area (TPSA) is 96.0 Å². The van der Waals surface area contributed by atoms with E-state index in [0.717, 1.165) is 5.56 Å². The quantitative estimate of drug-likeness (QED) is 0.654. The Balaban J connectivity index is 1.85. The van der Waals surface area contributed by atoms with Crippen LogP contribution in [0.2, 0.25) is 0 Å². The predicted octanol–water partition coefficient (Wildman–Crippen LogP) is 2.32. The van der Waals surface area contributed by atoms with Crippen LogP contribution in [0.5, 0.6) is 5.75 Å². The first kappa shape index (κ1) is 23.7. The van der Waals surface area contributed by atoms with Gasteiger partial charge in [-0.1, -0.05) is 32.0 Å². The summed E-state index contributed by atoms with van der Waals surface area (Å²) in [6, 6.07) is 11.3. The number of fused-ring (bicyclic) bond motifs is 1. The molecule has 1 N–H and O–H groups in total. The zero-order chi connectivity index (χ0) is 23.5. The summed E-state index contributed by atoms with van der Waals surface area (Å²) in [6.45, 7) is 5.95. The van der Waals surface area contributed by atoms with Crippen molar-refractivity contribution in [1.29, 1.82) is 0 Å². The van der Waals surface area contributed by atoms with Crippen molar-refractivity contribution in [3.63, 3.8) is 0 Å². The Morgan fingerprint density at radius 1 is 1.16 bits per heavy atom. The van der Waals surface area contributed by atoms with E-state index in [0.29, 0.717) is 30.1 Å². The summed E-state index contributed by atoms with van der Waals surface area (Å²) in [7, 11) is -2.07. The number of methoxy groups -OCH3 is 1. The predicted molar refractivity (Wildman–Crippen MR) is 122 cm³/mol. The van der Waals surface area contributed by atoms with Gasteiger partial charge in [0.2, 0.25) is 21.8 Å². The van der Waals surface area contributed by atoms with Crippen LogP contribution in [-0.4, -0.2) is 50.8 Å². The minimum atomic E-state index is -3.64. The molecule has 1 heterocycles. The SMILES string of the molecule is CCN(CC)S(=O)(=O)c1ccc2c(c1)C[C@H](C(=O)NCc1ccccc1OC)N2C(C)=O. The van der Waals surface area contributed by atoms with Gasteiger partial charge < -0.3 is 10.1 Å². The molecular formula is C23H29N3O5S. The van der Waals surface area contributed by atoms with Crippen LogP contribution in [0.4, 0.5) is 5.69 Å². The fraction of sp³-hybridized carbons (Fsp3) is 0.391. The van der Waals surface area contributed by atoms with Crippen LogP contribution in [0.3, 0.4) is 0 Å². The van der Waals surface area contributed by atoms with Gasteiger partial charge in [-0.05, 0) is 29.8 Å². The molecule has 2 aromatic rings. The number of benzene rings is 2. The molecule has 0 aromatic heterocycles. The van der Waals surface area contributed by atoms with Crippen LogP contribution in [-0.2, 0) is 32.6 Å². The fourth-order valence-electron chi connectivity index (χ4n) is 4.05. The summed E-state index contributed by atoms with van der Waals surface area (Å²) in [5.41, 5.74) is 2.04. The molecule has 32 heavy (non-hydrogen) atoms. The maximum Gasteiger partial charge on any atom is 0.243 e. The minimum absolute atomic E-state index is 0.165. The van der Waals surface area contributed by atoms with Crippen LogP contribution in [0.15, 0.2) is 47.4 Å². The van der Waals surface area contributed by atoms with Gasteiger partial charge in [-0.15, -0.1) is 0 Å². The Morgan fingerprint density at radius 3 is 2.47 bits per heavy atom. The lowest BCUT2D eigenvalue weighted by Crippen LogP contribution is -2.47. The summed E-state index contributed by atoms with van der Waals surface area (Å²) in [5, 5.41) is 2.88. The number of anilines is 1. The minimum Gasteiger partial charge on any atom is -0.496 e. The zero-order valence-electron chi connectivity index (χ0n) is 18.8. The van der Waals surface area contributed by atoms with Crippen molar-refractivity contribution in [2.24, 2.45) is 0 Å². The number of carbonyl (C=O) groups is 2. The van der Waals surface area contributed by atoms with Crippen molar-refractivity contribution in [3.8, 4) is 5.75 Å². The number of nitrogens with one attached hydrogen (secondary N) is 1. The van der Waals surface area contributed by atoms with Crippen molar-refractivity contribution < 1.29 is 22.7 Å². The van der Waals surface area contributed by atoms with Crippen molar-refractivity contribution in [3.05, 3.63) is 53.6 Å². The Labute approximate surface area is 189 Å². The van der Waals surface area contributed by atoms with Crippen molar-refractivity contribution in [2.45, 2.75) is 44.7 Å². The standard InChI is InChI=1S/C23H29N3O5S/c1-5-25(6-2)32(29,30)19-11-12-20-18(13-19)14-21(26(20)16(3)27)23(28)24-15-17-9-7-8-10-22(17)31-4/h7-13,21H,5-6,14-15H2,1-4H3,(H,24,28)/t21-/m1/s1. The van der Waals surface area contributed by atoms with E-state index in [9.17, 15) is 18.0 Å². The number of ether oxygens (including phenoxy) is 1. The second-order valence-electron chi connectivity index (χ2n) is 7.52. The van der Waals surface area contributed by atoms with Gasteiger partial charge in [-0.25, -0.2) is 8.42 Å². The van der Waals surface area contributed by atoms with Crippen LogP contribution in [0.1, 0.15) is 31.9 Å². The van der Waals surface area contributed by atoms with Crippen LogP contribution in [0.25, 0.3) is 0 Å². The first-order chi connectivity index (χ1) is 15.2. The number of sulfonamides is 1. The van der Waals surface area contributed by atoms with Gasteiger partial charge in [0.25, 0.3) is 0 Å². The zero-order valence-corrected chi connectivity index (χ0v) is 19.6. The highest BCUT2D eigenvalue weighted by Gasteiger charge is 2.38. The Kier molecular flexibility index (Phi) is 7.20.